The van der Waals surface area contributed by atoms with Crippen molar-refractivity contribution in [2.75, 3.05) is 13.7 Å². The van der Waals surface area contributed by atoms with Crippen molar-refractivity contribution in [3.63, 3.8) is 0 Å². The van der Waals surface area contributed by atoms with Crippen LogP contribution in [-0.2, 0) is 22.7 Å². The molecule has 0 bridgehead atoms. The maximum atomic E-state index is 11.3. The number of carboxylic acids is 1. The van der Waals surface area contributed by atoms with E-state index in [1.165, 1.54) is 0 Å². The molecule has 0 spiro atoms. The lowest BCUT2D eigenvalue weighted by Gasteiger charge is -2.33. The van der Waals surface area contributed by atoms with Gasteiger partial charge in [0.2, 0.25) is 0 Å². The summed E-state index contributed by atoms with van der Waals surface area (Å²) in [7, 11) is 1.68. The van der Waals surface area contributed by atoms with Crippen molar-refractivity contribution in [2.24, 2.45) is 0 Å². The average Bonchev–Trinajstić information content (AvgIpc) is 2.42. The second-order valence-corrected chi connectivity index (χ2v) is 5.02. The van der Waals surface area contributed by atoms with Gasteiger partial charge in [-0.2, -0.15) is 0 Å². The molecule has 1 heterocycles. The summed E-state index contributed by atoms with van der Waals surface area (Å²) < 4.78 is 5.20. The van der Waals surface area contributed by atoms with E-state index in [1.54, 1.807) is 7.11 Å². The molecule has 1 unspecified atom stereocenters. The first-order valence-corrected chi connectivity index (χ1v) is 6.75. The molecule has 0 aromatic heterocycles. The zero-order chi connectivity index (χ0) is 13.7. The number of piperidine rings is 1. The fraction of sp³-hybridized carbons (Fsp3) is 0.533. The number of hydrogen-bond donors (Lipinski definition) is 1. The third kappa shape index (κ3) is 3.55. The summed E-state index contributed by atoms with van der Waals surface area (Å²) in [5.41, 5.74) is 2.30. The molecule has 0 amide bonds. The van der Waals surface area contributed by atoms with E-state index < -0.39 is 5.97 Å². The molecule has 104 valence electrons. The van der Waals surface area contributed by atoms with Crippen molar-refractivity contribution in [3.05, 3.63) is 35.4 Å². The van der Waals surface area contributed by atoms with Crippen molar-refractivity contribution < 1.29 is 14.6 Å². The molecule has 1 aromatic carbocycles. The first-order chi connectivity index (χ1) is 9.22. The van der Waals surface area contributed by atoms with Crippen molar-refractivity contribution in [1.82, 2.24) is 4.90 Å². The standard InChI is InChI=1S/C15H21NO3/c1-19-11-13-7-3-2-6-12(13)10-16-9-5-4-8-14(16)15(17)18/h2-3,6-7,14H,4-5,8-11H2,1H3,(H,17,18). The third-order valence-electron chi connectivity index (χ3n) is 3.69. The quantitative estimate of drug-likeness (QED) is 0.885. The van der Waals surface area contributed by atoms with Gasteiger partial charge in [0.1, 0.15) is 6.04 Å². The molecule has 19 heavy (non-hydrogen) atoms. The molecule has 2 rings (SSSR count). The number of likely N-dealkylation sites (tertiary alicyclic amines) is 1. The molecule has 1 aliphatic heterocycles. The number of carboxylic acid groups (broad SMARTS) is 1. The molecule has 0 aliphatic carbocycles. The summed E-state index contributed by atoms with van der Waals surface area (Å²) in [6, 6.07) is 7.74. The van der Waals surface area contributed by atoms with Crippen molar-refractivity contribution in [3.8, 4) is 0 Å². The number of ether oxygens (including phenoxy) is 1. The molecule has 4 heteroatoms. The SMILES string of the molecule is COCc1ccccc1CN1CCCCC1C(=O)O. The first-order valence-electron chi connectivity index (χ1n) is 6.75. The largest absolute Gasteiger partial charge is 0.480 e. The van der Waals surface area contributed by atoms with Crippen LogP contribution in [-0.4, -0.2) is 35.7 Å². The zero-order valence-corrected chi connectivity index (χ0v) is 11.3. The highest BCUT2D eigenvalue weighted by Gasteiger charge is 2.28. The lowest BCUT2D eigenvalue weighted by atomic mass is 10.00. The molecule has 1 saturated heterocycles. The lowest BCUT2D eigenvalue weighted by molar-refractivity contribution is -0.144. The summed E-state index contributed by atoms with van der Waals surface area (Å²) in [5.74, 6) is -0.705. The van der Waals surface area contributed by atoms with E-state index >= 15 is 0 Å². The van der Waals surface area contributed by atoms with Gasteiger partial charge < -0.3 is 9.84 Å². The Kier molecular flexibility index (Phi) is 4.93. The average molecular weight is 263 g/mol. The Labute approximate surface area is 114 Å². The maximum absolute atomic E-state index is 11.3. The van der Waals surface area contributed by atoms with Crippen LogP contribution >= 0.6 is 0 Å². The Hall–Kier alpha value is -1.39. The highest BCUT2D eigenvalue weighted by molar-refractivity contribution is 5.73. The second kappa shape index (κ2) is 6.68. The van der Waals surface area contributed by atoms with Crippen LogP contribution in [0.25, 0.3) is 0 Å². The molecular formula is C15H21NO3. The Morgan fingerprint density at radius 1 is 1.37 bits per heavy atom. The predicted molar refractivity (Wildman–Crippen MR) is 72.8 cm³/mol. The molecule has 1 aromatic rings. The maximum Gasteiger partial charge on any atom is 0.320 e. The Morgan fingerprint density at radius 3 is 2.79 bits per heavy atom. The normalized spacial score (nSPS) is 20.4. The fourth-order valence-electron chi connectivity index (χ4n) is 2.69. The van der Waals surface area contributed by atoms with Gasteiger partial charge in [-0.15, -0.1) is 0 Å². The van der Waals surface area contributed by atoms with E-state index in [9.17, 15) is 9.90 Å². The van der Waals surface area contributed by atoms with Gasteiger partial charge in [0, 0.05) is 13.7 Å². The third-order valence-corrected chi connectivity index (χ3v) is 3.69. The van der Waals surface area contributed by atoms with Gasteiger partial charge in [0.15, 0.2) is 0 Å². The van der Waals surface area contributed by atoms with Crippen LogP contribution in [0, 0.1) is 0 Å². The van der Waals surface area contributed by atoms with Gasteiger partial charge in [-0.1, -0.05) is 30.7 Å². The zero-order valence-electron chi connectivity index (χ0n) is 11.3. The molecule has 1 atom stereocenters. The van der Waals surface area contributed by atoms with E-state index in [-0.39, 0.29) is 6.04 Å². The van der Waals surface area contributed by atoms with Crippen molar-refractivity contribution >= 4 is 5.97 Å². The van der Waals surface area contributed by atoms with Gasteiger partial charge in [-0.25, -0.2) is 0 Å². The van der Waals surface area contributed by atoms with Gasteiger partial charge in [0.25, 0.3) is 0 Å². The number of benzene rings is 1. The van der Waals surface area contributed by atoms with E-state index in [0.717, 1.165) is 36.9 Å². The molecule has 1 N–H and O–H groups in total. The number of methoxy groups -OCH3 is 1. The van der Waals surface area contributed by atoms with Gasteiger partial charge in [-0.05, 0) is 30.5 Å². The molecule has 1 fully saturated rings. The monoisotopic (exact) mass is 263 g/mol. The van der Waals surface area contributed by atoms with Crippen LogP contribution < -0.4 is 0 Å². The summed E-state index contributed by atoms with van der Waals surface area (Å²) in [6.07, 6.45) is 2.84. The number of carbonyl (C=O) groups is 1. The van der Waals surface area contributed by atoms with Crippen LogP contribution in [0.2, 0.25) is 0 Å². The van der Waals surface area contributed by atoms with E-state index in [1.807, 2.05) is 18.2 Å². The summed E-state index contributed by atoms with van der Waals surface area (Å²) in [4.78, 5) is 13.4. The Bertz CT molecular complexity index is 433. The van der Waals surface area contributed by atoms with Gasteiger partial charge >= 0.3 is 5.97 Å². The molecule has 0 saturated carbocycles. The highest BCUT2D eigenvalue weighted by Crippen LogP contribution is 2.21. The predicted octanol–water partition coefficient (Wildman–Crippen LogP) is 2.27. The smallest absolute Gasteiger partial charge is 0.320 e. The minimum Gasteiger partial charge on any atom is -0.480 e. The van der Waals surface area contributed by atoms with Crippen LogP contribution in [0.15, 0.2) is 24.3 Å². The fourth-order valence-corrected chi connectivity index (χ4v) is 2.69. The number of hydrogen-bond acceptors (Lipinski definition) is 3. The highest BCUT2D eigenvalue weighted by atomic mass is 16.5. The van der Waals surface area contributed by atoms with Crippen LogP contribution in [0.4, 0.5) is 0 Å². The van der Waals surface area contributed by atoms with Crippen LogP contribution in [0.1, 0.15) is 30.4 Å². The topological polar surface area (TPSA) is 49.8 Å². The molecule has 0 radical (unpaired) electrons. The van der Waals surface area contributed by atoms with E-state index in [2.05, 4.69) is 11.0 Å². The Balaban J connectivity index is 2.12. The van der Waals surface area contributed by atoms with Crippen molar-refractivity contribution in [2.45, 2.75) is 38.5 Å². The number of nitrogens with zero attached hydrogens (tertiary/aromatic N) is 1. The minimum absolute atomic E-state index is 0.343. The van der Waals surface area contributed by atoms with Gasteiger partial charge in [-0.3, -0.25) is 9.69 Å². The van der Waals surface area contributed by atoms with E-state index in [0.29, 0.717) is 13.2 Å². The summed E-state index contributed by atoms with van der Waals surface area (Å²) in [6.45, 7) is 2.12. The van der Waals surface area contributed by atoms with Gasteiger partial charge in [0.05, 0.1) is 6.61 Å². The van der Waals surface area contributed by atoms with Crippen LogP contribution in [0.5, 0.6) is 0 Å². The summed E-state index contributed by atoms with van der Waals surface area (Å²) in [5, 5.41) is 9.29. The molecule has 1 aliphatic rings. The number of aliphatic carboxylic acids is 1. The Morgan fingerprint density at radius 2 is 2.11 bits per heavy atom. The first kappa shape index (κ1) is 14.0. The minimum atomic E-state index is -0.705. The second-order valence-electron chi connectivity index (χ2n) is 5.02. The van der Waals surface area contributed by atoms with E-state index in [4.69, 9.17) is 4.74 Å². The lowest BCUT2D eigenvalue weighted by Crippen LogP contribution is -2.44. The molecular weight excluding hydrogens is 242 g/mol. The summed E-state index contributed by atoms with van der Waals surface area (Å²) >= 11 is 0. The molecule has 4 nitrogen and oxygen atoms in total. The van der Waals surface area contributed by atoms with Crippen LogP contribution in [0.3, 0.4) is 0 Å². The van der Waals surface area contributed by atoms with Crippen molar-refractivity contribution in [1.29, 1.82) is 0 Å². The number of rotatable bonds is 5.